The van der Waals surface area contributed by atoms with E-state index in [4.69, 9.17) is 0 Å². The molecule has 0 fully saturated rings. The van der Waals surface area contributed by atoms with Gasteiger partial charge in [-0.15, -0.1) is 9.13 Å². The maximum absolute atomic E-state index is 2.53. The molecule has 0 N–H and O–H groups in total. The first kappa shape index (κ1) is 19.3. The number of nitrogens with zero attached hydrogens (tertiary/aromatic N) is 2. The average Bonchev–Trinajstić information content (AvgIpc) is 3.58. The lowest BCUT2D eigenvalue weighted by atomic mass is 9.58. The minimum atomic E-state index is -0.456. The minimum absolute atomic E-state index is 0.376. The van der Waals surface area contributed by atoms with Crippen molar-refractivity contribution in [3.05, 3.63) is 167 Å². The van der Waals surface area contributed by atoms with Crippen LogP contribution >= 0.6 is 0 Å². The van der Waals surface area contributed by atoms with Crippen LogP contribution in [0, 0.1) is 0 Å². The first-order valence-corrected chi connectivity index (χ1v) is 13.4. The van der Waals surface area contributed by atoms with Crippen molar-refractivity contribution in [2.24, 2.45) is 0 Å². The second kappa shape index (κ2) is 6.17. The largest absolute Gasteiger partial charge is 0.418 e. The molecular weight excluding hydrogens is 460 g/mol. The summed E-state index contributed by atoms with van der Waals surface area (Å²) in [6.45, 7) is 0. The highest BCUT2D eigenvalue weighted by Crippen LogP contribution is 2.65. The Hall–Kier alpha value is -4.82. The molecule has 0 saturated carbocycles. The summed E-state index contributed by atoms with van der Waals surface area (Å²) in [7, 11) is 0. The van der Waals surface area contributed by atoms with Crippen LogP contribution in [-0.2, 0) is 11.1 Å². The summed E-state index contributed by atoms with van der Waals surface area (Å²) >= 11 is 0. The molecule has 10 rings (SSSR count). The molecule has 0 saturated heterocycles. The molecule has 2 aliphatic carbocycles. The Morgan fingerprint density at radius 1 is 0.368 bits per heavy atom. The monoisotopic (exact) mass is 482 g/mol. The average molecular weight is 483 g/mol. The first-order chi connectivity index (χ1) is 18.9. The van der Waals surface area contributed by atoms with Crippen molar-refractivity contribution in [3.63, 3.8) is 0 Å². The van der Waals surface area contributed by atoms with Crippen LogP contribution in [0.3, 0.4) is 0 Å². The van der Waals surface area contributed by atoms with Gasteiger partial charge in [0.15, 0.2) is 12.4 Å². The van der Waals surface area contributed by atoms with E-state index in [0.717, 1.165) is 0 Å². The zero-order valence-electron chi connectivity index (χ0n) is 20.6. The smallest absolute Gasteiger partial charge is 0.126 e. The number of benzene rings is 4. The van der Waals surface area contributed by atoms with Gasteiger partial charge in [0.2, 0.25) is 11.4 Å². The van der Waals surface area contributed by atoms with Crippen molar-refractivity contribution in [1.29, 1.82) is 0 Å². The van der Waals surface area contributed by atoms with Crippen LogP contribution in [0.25, 0.3) is 33.6 Å². The topological polar surface area (TPSA) is 7.76 Å². The number of fused-ring (bicyclic) bond motifs is 11. The maximum atomic E-state index is 2.53. The molecule has 2 aliphatic heterocycles. The molecule has 2 nitrogen and oxygen atoms in total. The maximum Gasteiger partial charge on any atom is 0.418 e. The van der Waals surface area contributed by atoms with Gasteiger partial charge in [-0.3, -0.25) is 0 Å². The predicted octanol–water partition coefficient (Wildman–Crippen LogP) is 6.20. The molecule has 0 radical (unpaired) electrons. The molecule has 0 bridgehead atoms. The predicted molar refractivity (Wildman–Crippen MR) is 147 cm³/mol. The summed E-state index contributed by atoms with van der Waals surface area (Å²) in [6.07, 6.45) is 4.56. The van der Waals surface area contributed by atoms with Crippen molar-refractivity contribution in [1.82, 2.24) is 0 Å². The van der Waals surface area contributed by atoms with Gasteiger partial charge in [0.05, 0.1) is 16.5 Å². The molecular formula is C36H22N2+2. The van der Waals surface area contributed by atoms with Gasteiger partial charge in [0.1, 0.15) is 11.1 Å². The normalized spacial score (nSPS) is 16.3. The molecule has 0 atom stereocenters. The van der Waals surface area contributed by atoms with Gasteiger partial charge in [-0.25, -0.2) is 0 Å². The number of pyridine rings is 2. The van der Waals surface area contributed by atoms with E-state index in [1.807, 2.05) is 0 Å². The van der Waals surface area contributed by atoms with Gasteiger partial charge in [0.25, 0.3) is 0 Å². The third kappa shape index (κ3) is 1.76. The molecule has 4 aliphatic rings. The Morgan fingerprint density at radius 2 is 0.789 bits per heavy atom. The zero-order valence-corrected chi connectivity index (χ0v) is 20.6. The Kier molecular flexibility index (Phi) is 3.14. The van der Waals surface area contributed by atoms with E-state index in [9.17, 15) is 0 Å². The second-order valence-corrected chi connectivity index (χ2v) is 10.9. The van der Waals surface area contributed by atoms with Crippen LogP contribution in [0.1, 0.15) is 33.4 Å². The Labute approximate surface area is 220 Å². The fraction of sp³-hybridized carbons (Fsp3) is 0.0556. The lowest BCUT2D eigenvalue weighted by Gasteiger charge is -2.41. The Bertz CT molecular complexity index is 1900. The van der Waals surface area contributed by atoms with Gasteiger partial charge in [-0.05, 0) is 57.6 Å². The standard InChI is InChI=1S/C36H22N2/c1-3-15-27-23(11-1)24-12-2-4-16-28(24)35(27)29-17-9-13-25-31-19-5-7-21-37(31)36(33(25)29)34-26(14-10-18-30(34)35)32-20-6-8-22-38(32)36/h1-22H/q+2. The van der Waals surface area contributed by atoms with Crippen molar-refractivity contribution in [2.45, 2.75) is 11.1 Å². The molecule has 4 aromatic carbocycles. The summed E-state index contributed by atoms with van der Waals surface area (Å²) in [5, 5.41) is 0. The van der Waals surface area contributed by atoms with Crippen LogP contribution in [0.4, 0.5) is 0 Å². The second-order valence-electron chi connectivity index (χ2n) is 10.9. The SMILES string of the molecule is c1ccc2c(c1)-c1ccccc1C21c2cccc3c2C2(c4c(cccc41)-c1cccc[n+]12)[n+]1ccccc1-3. The summed E-state index contributed by atoms with van der Waals surface area (Å²) < 4.78 is 5.05. The number of hydrogen-bond acceptors (Lipinski definition) is 0. The summed E-state index contributed by atoms with van der Waals surface area (Å²) in [6, 6.07) is 45.5. The fourth-order valence-electron chi connectivity index (χ4n) is 8.48. The molecule has 38 heavy (non-hydrogen) atoms. The van der Waals surface area contributed by atoms with Crippen LogP contribution in [0.2, 0.25) is 0 Å². The molecule has 2 spiro atoms. The number of aromatic nitrogens is 2. The van der Waals surface area contributed by atoms with Crippen molar-refractivity contribution in [2.75, 3.05) is 0 Å². The van der Waals surface area contributed by atoms with E-state index in [0.29, 0.717) is 0 Å². The van der Waals surface area contributed by atoms with Crippen LogP contribution in [0.5, 0.6) is 0 Å². The summed E-state index contributed by atoms with van der Waals surface area (Å²) in [5.74, 6) is 0. The quantitative estimate of drug-likeness (QED) is 0.228. The highest BCUT2D eigenvalue weighted by molar-refractivity contribution is 5.91. The highest BCUT2D eigenvalue weighted by atomic mass is 15.3. The van der Waals surface area contributed by atoms with Gasteiger partial charge in [0, 0.05) is 24.3 Å². The highest BCUT2D eigenvalue weighted by Gasteiger charge is 2.73. The number of rotatable bonds is 0. The van der Waals surface area contributed by atoms with Crippen molar-refractivity contribution < 1.29 is 9.13 Å². The molecule has 6 aromatic rings. The van der Waals surface area contributed by atoms with E-state index < -0.39 is 5.66 Å². The third-order valence-electron chi connectivity index (χ3n) is 9.56. The summed E-state index contributed by atoms with van der Waals surface area (Å²) in [5.41, 5.74) is 15.4. The first-order valence-electron chi connectivity index (χ1n) is 13.4. The Balaban J connectivity index is 1.52. The Morgan fingerprint density at radius 3 is 1.32 bits per heavy atom. The summed E-state index contributed by atoms with van der Waals surface area (Å²) in [4.78, 5) is 0. The van der Waals surface area contributed by atoms with Crippen LogP contribution in [0.15, 0.2) is 134 Å². The van der Waals surface area contributed by atoms with Crippen LogP contribution < -0.4 is 9.13 Å². The molecule has 2 heteroatoms. The van der Waals surface area contributed by atoms with E-state index in [2.05, 4.69) is 143 Å². The lowest BCUT2D eigenvalue weighted by Crippen LogP contribution is -2.73. The molecule has 2 aromatic heterocycles. The van der Waals surface area contributed by atoms with E-state index in [-0.39, 0.29) is 5.41 Å². The zero-order chi connectivity index (χ0) is 24.6. The van der Waals surface area contributed by atoms with Crippen molar-refractivity contribution in [3.8, 4) is 33.6 Å². The molecule has 0 amide bonds. The van der Waals surface area contributed by atoms with E-state index >= 15 is 0 Å². The third-order valence-corrected chi connectivity index (χ3v) is 9.56. The number of hydrogen-bond donors (Lipinski definition) is 0. The van der Waals surface area contributed by atoms with Gasteiger partial charge in [-0.2, -0.15) is 0 Å². The molecule has 0 unspecified atom stereocenters. The van der Waals surface area contributed by atoms with Gasteiger partial charge >= 0.3 is 5.66 Å². The van der Waals surface area contributed by atoms with Crippen LogP contribution in [-0.4, -0.2) is 0 Å². The molecule has 174 valence electrons. The minimum Gasteiger partial charge on any atom is -0.126 e. The lowest BCUT2D eigenvalue weighted by molar-refractivity contribution is -0.955. The van der Waals surface area contributed by atoms with Crippen molar-refractivity contribution >= 4 is 0 Å². The van der Waals surface area contributed by atoms with Gasteiger partial charge < -0.3 is 0 Å². The molecule has 4 heterocycles. The van der Waals surface area contributed by atoms with E-state index in [1.165, 1.54) is 67.0 Å². The van der Waals surface area contributed by atoms with E-state index in [1.54, 1.807) is 0 Å². The van der Waals surface area contributed by atoms with Gasteiger partial charge in [-0.1, -0.05) is 72.8 Å². The fourth-order valence-corrected chi connectivity index (χ4v) is 8.48.